The number of piperidine rings is 1. The molecule has 0 unspecified atom stereocenters. The lowest BCUT2D eigenvalue weighted by atomic mass is 9.99. The van der Waals surface area contributed by atoms with Crippen molar-refractivity contribution in [2.24, 2.45) is 5.92 Å². The van der Waals surface area contributed by atoms with Crippen LogP contribution in [0.2, 0.25) is 0 Å². The number of anilines is 1. The molecule has 0 atom stereocenters. The fraction of sp³-hybridized carbons (Fsp3) is 0.269. The van der Waals surface area contributed by atoms with Crippen LogP contribution in [0.25, 0.3) is 21.9 Å². The first-order valence-electron chi connectivity index (χ1n) is 10.7. The number of nitrogens with one attached hydrogen (secondary N) is 1. The minimum Gasteiger partial charge on any atom is -0.456 e. The first kappa shape index (κ1) is 18.9. The van der Waals surface area contributed by atoms with E-state index in [1.54, 1.807) is 0 Å². The molecular formula is C26H26N2O2. The van der Waals surface area contributed by atoms with Gasteiger partial charge in [-0.05, 0) is 67.7 Å². The van der Waals surface area contributed by atoms with Crippen LogP contribution in [0.4, 0.5) is 5.69 Å². The Morgan fingerprint density at radius 2 is 1.70 bits per heavy atom. The van der Waals surface area contributed by atoms with Crippen molar-refractivity contribution in [3.05, 3.63) is 77.9 Å². The fourth-order valence-electron chi connectivity index (χ4n) is 4.25. The lowest BCUT2D eigenvalue weighted by Gasteiger charge is -2.30. The zero-order chi connectivity index (χ0) is 20.5. The zero-order valence-electron chi connectivity index (χ0n) is 17.2. The molecule has 4 heteroatoms. The standard InChI is InChI=1S/C26H26N2O2/c1-18-12-14-28(15-13-18)17-19-6-8-20(9-7-19)26(29)27-21-10-11-23-22-4-2-3-5-24(22)30-25(23)16-21/h2-11,16,18H,12-15,17H2,1H3,(H,27,29). The maximum Gasteiger partial charge on any atom is 0.255 e. The highest BCUT2D eigenvalue weighted by molar-refractivity contribution is 6.08. The van der Waals surface area contributed by atoms with Crippen LogP contribution in [0.15, 0.2) is 71.1 Å². The number of likely N-dealkylation sites (tertiary alicyclic amines) is 1. The molecule has 4 nitrogen and oxygen atoms in total. The number of hydrogen-bond donors (Lipinski definition) is 1. The Bertz CT molecular complexity index is 1180. The van der Waals surface area contributed by atoms with Gasteiger partial charge in [0, 0.05) is 34.6 Å². The third-order valence-electron chi connectivity index (χ3n) is 6.14. The summed E-state index contributed by atoms with van der Waals surface area (Å²) in [6.07, 6.45) is 2.55. The quantitative estimate of drug-likeness (QED) is 0.454. The molecule has 30 heavy (non-hydrogen) atoms. The molecule has 1 aliphatic heterocycles. The van der Waals surface area contributed by atoms with Gasteiger partial charge in [0.05, 0.1) is 0 Å². The molecule has 1 amide bonds. The van der Waals surface area contributed by atoms with Crippen molar-refractivity contribution in [3.8, 4) is 0 Å². The molecule has 1 fully saturated rings. The van der Waals surface area contributed by atoms with Crippen LogP contribution in [0.3, 0.4) is 0 Å². The van der Waals surface area contributed by atoms with Crippen molar-refractivity contribution in [3.63, 3.8) is 0 Å². The smallest absolute Gasteiger partial charge is 0.255 e. The summed E-state index contributed by atoms with van der Waals surface area (Å²) in [4.78, 5) is 15.2. The van der Waals surface area contributed by atoms with Crippen LogP contribution in [0, 0.1) is 5.92 Å². The Labute approximate surface area is 176 Å². The normalized spacial score (nSPS) is 15.6. The van der Waals surface area contributed by atoms with Gasteiger partial charge in [-0.25, -0.2) is 0 Å². The third-order valence-corrected chi connectivity index (χ3v) is 6.14. The number of nitrogens with zero attached hydrogens (tertiary/aromatic N) is 1. The Balaban J connectivity index is 1.27. The summed E-state index contributed by atoms with van der Waals surface area (Å²) in [6.45, 7) is 5.61. The highest BCUT2D eigenvalue weighted by Gasteiger charge is 2.16. The molecule has 1 aliphatic rings. The fourth-order valence-corrected chi connectivity index (χ4v) is 4.25. The number of amides is 1. The Hall–Kier alpha value is -3.11. The molecule has 1 saturated heterocycles. The van der Waals surface area contributed by atoms with E-state index >= 15 is 0 Å². The van der Waals surface area contributed by atoms with Gasteiger partial charge in [-0.3, -0.25) is 9.69 Å². The van der Waals surface area contributed by atoms with E-state index in [-0.39, 0.29) is 5.91 Å². The first-order chi connectivity index (χ1) is 14.7. The number of carbonyl (C=O) groups is 1. The van der Waals surface area contributed by atoms with Crippen LogP contribution in [0.5, 0.6) is 0 Å². The van der Waals surface area contributed by atoms with E-state index in [1.165, 1.54) is 18.4 Å². The van der Waals surface area contributed by atoms with E-state index in [1.807, 2.05) is 54.6 Å². The highest BCUT2D eigenvalue weighted by Crippen LogP contribution is 2.30. The van der Waals surface area contributed by atoms with Crippen molar-refractivity contribution < 1.29 is 9.21 Å². The van der Waals surface area contributed by atoms with Gasteiger partial charge in [0.1, 0.15) is 11.2 Å². The van der Waals surface area contributed by atoms with Gasteiger partial charge in [-0.2, -0.15) is 0 Å². The van der Waals surface area contributed by atoms with Crippen LogP contribution in [-0.2, 0) is 6.54 Å². The van der Waals surface area contributed by atoms with E-state index in [4.69, 9.17) is 4.42 Å². The molecule has 0 spiro atoms. The third kappa shape index (κ3) is 3.83. The predicted octanol–water partition coefficient (Wildman–Crippen LogP) is 6.07. The lowest BCUT2D eigenvalue weighted by Crippen LogP contribution is -2.32. The van der Waals surface area contributed by atoms with E-state index in [2.05, 4.69) is 29.3 Å². The average molecular weight is 399 g/mol. The van der Waals surface area contributed by atoms with Crippen LogP contribution in [0.1, 0.15) is 35.7 Å². The molecule has 2 heterocycles. The first-order valence-corrected chi connectivity index (χ1v) is 10.7. The SMILES string of the molecule is CC1CCN(Cc2ccc(C(=O)Nc3ccc4c(c3)oc3ccccc34)cc2)CC1. The van der Waals surface area contributed by atoms with Crippen molar-refractivity contribution in [1.82, 2.24) is 4.90 Å². The van der Waals surface area contributed by atoms with Gasteiger partial charge in [-0.15, -0.1) is 0 Å². The number of carbonyl (C=O) groups excluding carboxylic acids is 1. The molecule has 0 aliphatic carbocycles. The molecule has 0 bridgehead atoms. The summed E-state index contributed by atoms with van der Waals surface area (Å²) in [7, 11) is 0. The van der Waals surface area contributed by atoms with Crippen LogP contribution in [-0.4, -0.2) is 23.9 Å². The van der Waals surface area contributed by atoms with Crippen molar-refractivity contribution in [2.75, 3.05) is 18.4 Å². The number of fused-ring (bicyclic) bond motifs is 3. The van der Waals surface area contributed by atoms with E-state index < -0.39 is 0 Å². The van der Waals surface area contributed by atoms with Gasteiger partial charge >= 0.3 is 0 Å². The summed E-state index contributed by atoms with van der Waals surface area (Å²) in [5, 5.41) is 5.13. The summed E-state index contributed by atoms with van der Waals surface area (Å²) >= 11 is 0. The highest BCUT2D eigenvalue weighted by atomic mass is 16.3. The number of para-hydroxylation sites is 1. The predicted molar refractivity (Wildman–Crippen MR) is 122 cm³/mol. The summed E-state index contributed by atoms with van der Waals surface area (Å²) in [5.74, 6) is 0.731. The Morgan fingerprint density at radius 3 is 2.50 bits per heavy atom. The largest absolute Gasteiger partial charge is 0.456 e. The van der Waals surface area contributed by atoms with E-state index in [0.29, 0.717) is 5.56 Å². The second kappa shape index (κ2) is 7.96. The Kier molecular flexibility index (Phi) is 5.01. The Morgan fingerprint density at radius 1 is 0.967 bits per heavy atom. The molecule has 152 valence electrons. The molecular weight excluding hydrogens is 372 g/mol. The van der Waals surface area contributed by atoms with Gasteiger partial charge in [0.25, 0.3) is 5.91 Å². The average Bonchev–Trinajstić information content (AvgIpc) is 3.13. The van der Waals surface area contributed by atoms with Crippen molar-refractivity contribution >= 4 is 33.5 Å². The van der Waals surface area contributed by atoms with E-state index in [0.717, 1.165) is 53.2 Å². The molecule has 3 aromatic carbocycles. The lowest BCUT2D eigenvalue weighted by molar-refractivity contribution is 0.102. The molecule has 4 aromatic rings. The van der Waals surface area contributed by atoms with Crippen LogP contribution < -0.4 is 5.32 Å². The number of hydrogen-bond acceptors (Lipinski definition) is 3. The summed E-state index contributed by atoms with van der Waals surface area (Å²) in [6, 6.07) is 21.7. The maximum atomic E-state index is 12.7. The van der Waals surface area contributed by atoms with Gasteiger partial charge in [-0.1, -0.05) is 37.3 Å². The van der Waals surface area contributed by atoms with Gasteiger partial charge < -0.3 is 9.73 Å². The zero-order valence-corrected chi connectivity index (χ0v) is 17.2. The molecule has 0 radical (unpaired) electrons. The minimum absolute atomic E-state index is 0.108. The second-order valence-electron chi connectivity index (χ2n) is 8.42. The molecule has 0 saturated carbocycles. The number of rotatable bonds is 4. The second-order valence-corrected chi connectivity index (χ2v) is 8.42. The van der Waals surface area contributed by atoms with Crippen LogP contribution >= 0.6 is 0 Å². The van der Waals surface area contributed by atoms with E-state index in [9.17, 15) is 4.79 Å². The summed E-state index contributed by atoms with van der Waals surface area (Å²) < 4.78 is 5.92. The summed E-state index contributed by atoms with van der Waals surface area (Å²) in [5.41, 5.74) is 4.29. The molecule has 1 aromatic heterocycles. The van der Waals surface area contributed by atoms with Gasteiger partial charge in [0.15, 0.2) is 0 Å². The monoisotopic (exact) mass is 398 g/mol. The molecule has 5 rings (SSSR count). The minimum atomic E-state index is -0.108. The topological polar surface area (TPSA) is 45.5 Å². The van der Waals surface area contributed by atoms with Crippen molar-refractivity contribution in [2.45, 2.75) is 26.3 Å². The number of benzene rings is 3. The number of furan rings is 1. The maximum absolute atomic E-state index is 12.7. The van der Waals surface area contributed by atoms with Crippen molar-refractivity contribution in [1.29, 1.82) is 0 Å². The van der Waals surface area contributed by atoms with Gasteiger partial charge in [0.2, 0.25) is 0 Å². The molecule has 1 N–H and O–H groups in total.